The zero-order valence-electron chi connectivity index (χ0n) is 41.4. The summed E-state index contributed by atoms with van der Waals surface area (Å²) in [5.74, 6) is -5.50. The van der Waals surface area contributed by atoms with Gasteiger partial charge in [0.05, 0.1) is 38.2 Å². The van der Waals surface area contributed by atoms with Crippen molar-refractivity contribution in [2.45, 2.75) is 131 Å². The first-order chi connectivity index (χ1) is 33.3. The van der Waals surface area contributed by atoms with Crippen molar-refractivity contribution in [2.24, 2.45) is 16.6 Å². The summed E-state index contributed by atoms with van der Waals surface area (Å²) in [7, 11) is 0. The second-order valence-electron chi connectivity index (χ2n) is 19.5. The number of carbonyl (C=O) groups is 8. The van der Waals surface area contributed by atoms with Crippen LogP contribution < -0.4 is 21.7 Å². The van der Waals surface area contributed by atoms with E-state index in [0.717, 1.165) is 49.8 Å². The Morgan fingerprint density at radius 2 is 1.03 bits per heavy atom. The number of nitrogens with one attached hydrogen (secondary N) is 3. The van der Waals surface area contributed by atoms with Gasteiger partial charge in [0, 0.05) is 26.2 Å². The van der Waals surface area contributed by atoms with Crippen LogP contribution in [0.25, 0.3) is 20.9 Å². The summed E-state index contributed by atoms with van der Waals surface area (Å²) in [5.41, 5.74) is 15.0. The number of hydrogen-bond donors (Lipinski definition) is 7. The van der Waals surface area contributed by atoms with E-state index < -0.39 is 66.2 Å². The van der Waals surface area contributed by atoms with Gasteiger partial charge in [-0.05, 0) is 72.6 Å². The number of nitrogens with two attached hydrogens (primary N) is 1. The van der Waals surface area contributed by atoms with E-state index in [1.165, 1.54) is 4.90 Å². The summed E-state index contributed by atoms with van der Waals surface area (Å²) < 4.78 is 0. The molecule has 19 nitrogen and oxygen atoms in total. The van der Waals surface area contributed by atoms with Gasteiger partial charge < -0.3 is 46.8 Å². The van der Waals surface area contributed by atoms with E-state index in [2.05, 4.69) is 38.1 Å². The summed E-state index contributed by atoms with van der Waals surface area (Å²) >= 11 is 3.20. The van der Waals surface area contributed by atoms with Gasteiger partial charge in [-0.3, -0.25) is 38.4 Å². The number of benzene rings is 2. The number of hydrogen-bond acceptors (Lipinski definition) is 13. The topological polar surface area (TPSA) is 292 Å². The van der Waals surface area contributed by atoms with Crippen LogP contribution in [-0.2, 0) is 51.4 Å². The molecule has 8 N–H and O–H groups in total. The molecule has 0 aliphatic carbocycles. The van der Waals surface area contributed by atoms with Crippen molar-refractivity contribution in [3.05, 3.63) is 82.1 Å². The molecule has 71 heavy (non-hydrogen) atoms. The third kappa shape index (κ3) is 16.8. The van der Waals surface area contributed by atoms with Crippen molar-refractivity contribution < 1.29 is 53.7 Å². The molecule has 2 aromatic heterocycles. The quantitative estimate of drug-likeness (QED) is 0.0737. The molecule has 4 heterocycles. The molecule has 0 radical (unpaired) electrons. The van der Waals surface area contributed by atoms with Crippen molar-refractivity contribution in [1.82, 2.24) is 35.7 Å². The average Bonchev–Trinajstić information content (AvgIpc) is 4.14. The first kappa shape index (κ1) is 57.0. The largest absolute Gasteiger partial charge is 0.481 e. The molecule has 0 saturated carbocycles. The highest BCUT2D eigenvalue weighted by Crippen LogP contribution is 2.30. The number of rotatable bonds is 15. The van der Waals surface area contributed by atoms with Crippen LogP contribution in [0.1, 0.15) is 103 Å². The maximum atomic E-state index is 13.4. The molecular weight excluding hydrogens is 953 g/mol. The second kappa shape index (κ2) is 25.5. The first-order valence-electron chi connectivity index (χ1n) is 23.1. The number of aryl methyl sites for hydroxylation is 2. The number of amides is 5. The Morgan fingerprint density at radius 3 is 1.35 bits per heavy atom. The first-order valence-corrected chi connectivity index (χ1v) is 24.9. The lowest BCUT2D eigenvalue weighted by Crippen LogP contribution is -2.57. The van der Waals surface area contributed by atoms with Crippen LogP contribution in [0, 0.1) is 24.7 Å². The molecule has 5 amide bonds. The van der Waals surface area contributed by atoms with Crippen LogP contribution in [0.5, 0.6) is 0 Å². The Morgan fingerprint density at radius 1 is 0.634 bits per heavy atom. The van der Waals surface area contributed by atoms with Crippen LogP contribution >= 0.6 is 22.7 Å². The molecule has 2 aliphatic rings. The van der Waals surface area contributed by atoms with Crippen molar-refractivity contribution in [3.63, 3.8) is 0 Å². The molecule has 2 aromatic carbocycles. The van der Waals surface area contributed by atoms with Gasteiger partial charge in [0.25, 0.3) is 0 Å². The highest BCUT2D eigenvalue weighted by Gasteiger charge is 2.42. The molecular formula is C50H66N8O11S2. The van der Waals surface area contributed by atoms with Gasteiger partial charge in [0.15, 0.2) is 0 Å². The fourth-order valence-corrected chi connectivity index (χ4v) is 9.39. The van der Waals surface area contributed by atoms with Crippen molar-refractivity contribution in [1.29, 1.82) is 0 Å². The molecule has 2 aliphatic heterocycles. The maximum absolute atomic E-state index is 13.4. The van der Waals surface area contributed by atoms with Gasteiger partial charge in [-0.1, -0.05) is 90.1 Å². The van der Waals surface area contributed by atoms with E-state index in [-0.39, 0.29) is 29.0 Å². The lowest BCUT2D eigenvalue weighted by Gasteiger charge is -2.35. The number of thiazole rings is 2. The predicted molar refractivity (Wildman–Crippen MR) is 269 cm³/mol. The fourth-order valence-electron chi connectivity index (χ4n) is 7.77. The minimum absolute atomic E-state index is 0.112. The van der Waals surface area contributed by atoms with E-state index >= 15 is 0 Å². The highest BCUT2D eigenvalue weighted by atomic mass is 32.1. The molecule has 21 heteroatoms. The predicted octanol–water partition coefficient (Wildman–Crippen LogP) is 5.38. The number of carboxylic acids is 3. The van der Waals surface area contributed by atoms with Crippen LogP contribution in [0.2, 0.25) is 0 Å². The second-order valence-corrected chi connectivity index (χ2v) is 21.2. The van der Waals surface area contributed by atoms with E-state index in [1.54, 1.807) is 48.3 Å². The molecule has 0 unspecified atom stereocenters. The van der Waals surface area contributed by atoms with E-state index in [9.17, 15) is 38.4 Å². The number of carboxylic acid groups (broad SMARTS) is 3. The Hall–Kier alpha value is -6.58. The van der Waals surface area contributed by atoms with Gasteiger partial charge in [0.2, 0.25) is 29.5 Å². The van der Waals surface area contributed by atoms with Crippen LogP contribution in [0.3, 0.4) is 0 Å². The van der Waals surface area contributed by atoms with E-state index in [0.29, 0.717) is 45.4 Å². The molecule has 2 saturated heterocycles. The van der Waals surface area contributed by atoms with Gasteiger partial charge in [-0.2, -0.15) is 0 Å². The Bertz CT molecular complexity index is 2500. The number of nitrogens with zero attached hydrogens (tertiary/aromatic N) is 4. The van der Waals surface area contributed by atoms with Crippen LogP contribution in [0.4, 0.5) is 0 Å². The molecule has 0 bridgehead atoms. The molecule has 4 aromatic rings. The monoisotopic (exact) mass is 1020 g/mol. The molecule has 6 rings (SSSR count). The Labute approximate surface area is 421 Å². The van der Waals surface area contributed by atoms with E-state index in [1.807, 2.05) is 82.0 Å². The van der Waals surface area contributed by atoms with Crippen LogP contribution in [0.15, 0.2) is 59.6 Å². The molecule has 384 valence electrons. The van der Waals surface area contributed by atoms with Crippen molar-refractivity contribution in [2.75, 3.05) is 13.1 Å². The smallest absolute Gasteiger partial charge is 0.314 e. The summed E-state index contributed by atoms with van der Waals surface area (Å²) in [6.45, 7) is 16.9. The lowest BCUT2D eigenvalue weighted by atomic mass is 9.85. The third-order valence-corrected chi connectivity index (χ3v) is 13.7. The van der Waals surface area contributed by atoms with Gasteiger partial charge in [-0.15, -0.1) is 22.7 Å². The standard InChI is InChI=1S/C25H32N4O5S.C22H30N4O2S.C3H4O4/c1-15-21(35-14-27-15)17-9-7-16(8-10-17)13-26-23(33)18-6-5-11-29(18)24(34)22(25(2,3)4)28-19(30)12-20(31)32;1-14-18(29-13-25-14)16-9-7-15(8-10-16)12-24-20(27)17-6-5-11-26(17)21(28)19(23)22(2,3)4;4-2(5)1-3(6)7/h7-10,14,18,22H,5-6,11-13H2,1-4H3,(H,26,33)(H,28,30)(H,31,32);7-10,13,17,19H,5-6,11-12,23H2,1-4H3,(H,24,27);1H2,(H,4,5)(H,6,7)/t18-,22+;17-,19+;/m00./s1. The van der Waals surface area contributed by atoms with Crippen molar-refractivity contribution in [3.8, 4) is 20.9 Å². The molecule has 4 atom stereocenters. The zero-order chi connectivity index (χ0) is 52.8. The van der Waals surface area contributed by atoms with Gasteiger partial charge in [-0.25, -0.2) is 9.97 Å². The number of aromatic nitrogens is 2. The van der Waals surface area contributed by atoms with Crippen LogP contribution in [-0.4, -0.2) is 120 Å². The Kier molecular flexibility index (Phi) is 20.5. The summed E-state index contributed by atoms with van der Waals surface area (Å²) in [5, 5.41) is 32.8. The average molecular weight is 1020 g/mol. The third-order valence-electron chi connectivity index (χ3n) is 11.8. The van der Waals surface area contributed by atoms with Crippen molar-refractivity contribution >= 4 is 70.1 Å². The minimum atomic E-state index is -1.31. The maximum Gasteiger partial charge on any atom is 0.314 e. The highest BCUT2D eigenvalue weighted by molar-refractivity contribution is 7.13. The fraction of sp³-hybridized carbons (Fsp3) is 0.480. The number of likely N-dealkylation sites (tertiary alicyclic amines) is 2. The van der Waals surface area contributed by atoms with Gasteiger partial charge in [0.1, 0.15) is 31.0 Å². The molecule has 2 fully saturated rings. The SMILES string of the molecule is Cc1ncsc1-c1ccc(CNC(=O)[C@@H]2CCCN2C(=O)[C@@H](N)C(C)(C)C)cc1.Cc1ncsc1-c1ccc(CNC(=O)[C@@H]2CCCN2C(=O)[C@@H](NC(=O)CC(=O)O)C(C)(C)C)cc1.O=C(O)CC(=O)O. The summed E-state index contributed by atoms with van der Waals surface area (Å²) in [6, 6.07) is 13.4. The summed E-state index contributed by atoms with van der Waals surface area (Å²) in [4.78, 5) is 108. The normalized spacial score (nSPS) is 16.3. The van der Waals surface area contributed by atoms with Gasteiger partial charge >= 0.3 is 17.9 Å². The minimum Gasteiger partial charge on any atom is -0.481 e. The number of carbonyl (C=O) groups excluding carboxylic acids is 5. The Balaban J connectivity index is 0.000000275. The zero-order valence-corrected chi connectivity index (χ0v) is 43.1. The molecule has 0 spiro atoms. The van der Waals surface area contributed by atoms with E-state index in [4.69, 9.17) is 21.1 Å². The summed E-state index contributed by atoms with van der Waals surface area (Å²) in [6.07, 6.45) is 1.18. The lowest BCUT2D eigenvalue weighted by molar-refractivity contribution is -0.147. The number of aliphatic carboxylic acids is 3.